The monoisotopic (exact) mass is 526 g/mol. The Morgan fingerprint density at radius 2 is 1.92 bits per heavy atom. The van der Waals surface area contributed by atoms with Gasteiger partial charge in [0.1, 0.15) is 29.5 Å². The summed E-state index contributed by atoms with van der Waals surface area (Å²) in [6.45, 7) is 11.4. The van der Waals surface area contributed by atoms with Crippen LogP contribution in [0.3, 0.4) is 0 Å². The van der Waals surface area contributed by atoms with E-state index >= 15 is 0 Å². The average molecular weight is 527 g/mol. The lowest BCUT2D eigenvalue weighted by Crippen LogP contribution is -2.72. The molecule has 3 saturated heterocycles. The molecule has 3 bridgehead atoms. The van der Waals surface area contributed by atoms with Crippen molar-refractivity contribution in [2.75, 3.05) is 6.61 Å². The number of carbonyl (C=O) groups excluding carboxylic acids is 1. The number of rotatable bonds is 7. The molecule has 0 radical (unpaired) electrons. The molecule has 0 amide bonds. The van der Waals surface area contributed by atoms with Gasteiger partial charge in [-0.1, -0.05) is 63.3 Å². The molecule has 2 saturated carbocycles. The summed E-state index contributed by atoms with van der Waals surface area (Å²) < 4.78 is 26.3. The first-order valence-corrected chi connectivity index (χ1v) is 13.7. The van der Waals surface area contributed by atoms with Crippen LogP contribution >= 0.6 is 0 Å². The fourth-order valence-electron chi connectivity index (χ4n) is 8.06. The van der Waals surface area contributed by atoms with Crippen molar-refractivity contribution in [2.45, 2.75) is 93.6 Å². The van der Waals surface area contributed by atoms with E-state index in [1.807, 2.05) is 32.1 Å². The van der Waals surface area contributed by atoms with Crippen molar-refractivity contribution in [1.82, 2.24) is 0 Å². The topological polar surface area (TPSA) is 118 Å². The van der Waals surface area contributed by atoms with E-state index in [0.29, 0.717) is 12.0 Å². The number of hydrogen-bond acceptors (Lipinski definition) is 8. The minimum Gasteiger partial charge on any atom is -0.393 e. The highest BCUT2D eigenvalue weighted by atomic mass is 16.9. The second-order valence-electron chi connectivity index (χ2n) is 12.0. The van der Waals surface area contributed by atoms with Crippen LogP contribution in [0, 0.1) is 17.8 Å². The maximum absolute atomic E-state index is 13.5. The number of allylic oxidation sites excluding steroid dienone is 5. The van der Waals surface area contributed by atoms with Crippen LogP contribution in [0.4, 0.5) is 0 Å². The van der Waals surface area contributed by atoms with Gasteiger partial charge < -0.3 is 34.3 Å². The highest BCUT2D eigenvalue weighted by Crippen LogP contribution is 2.72. The van der Waals surface area contributed by atoms with Crippen LogP contribution in [0.1, 0.15) is 47.0 Å². The van der Waals surface area contributed by atoms with Crippen molar-refractivity contribution >= 4 is 5.78 Å². The Kier molecular flexibility index (Phi) is 5.75. The minimum absolute atomic E-state index is 0.246. The molecule has 8 heteroatoms. The highest BCUT2D eigenvalue weighted by Gasteiger charge is 2.88. The standard InChI is InChI=1S/C30H38O8/c1-6-7-8-9-10-11-12-13-28-36-23-21-24-27(16-31,35-24)25(33)29(34)20(14-18(4)22(29)32)30(21,38-28)19(5)15-26(23,37-28)17(2)3/h8-14,19-21,23-25,31,33-34H,2,6-7,15-16H2,1,3-5H3/b9-8+,11-10+,13-12+/t19-,20-,21-,23-,24+,25-,26-,27+,28?,29-,30+/m1/s1. The lowest BCUT2D eigenvalue weighted by Gasteiger charge is -2.59. The molecule has 3 aliphatic carbocycles. The van der Waals surface area contributed by atoms with Crippen LogP contribution in [-0.2, 0) is 23.7 Å². The highest BCUT2D eigenvalue weighted by molar-refractivity contribution is 6.05. The lowest BCUT2D eigenvalue weighted by molar-refractivity contribution is -0.406. The van der Waals surface area contributed by atoms with Crippen molar-refractivity contribution in [1.29, 1.82) is 0 Å². The summed E-state index contributed by atoms with van der Waals surface area (Å²) in [4.78, 5) is 13.5. The number of hydrogen-bond donors (Lipinski definition) is 3. The number of fused-ring (bicyclic) bond motifs is 3. The van der Waals surface area contributed by atoms with Crippen LogP contribution in [0.5, 0.6) is 0 Å². The first-order chi connectivity index (χ1) is 18.0. The predicted molar refractivity (Wildman–Crippen MR) is 138 cm³/mol. The summed E-state index contributed by atoms with van der Waals surface area (Å²) >= 11 is 0. The normalized spacial score (nSPS) is 52.4. The zero-order valence-electron chi connectivity index (χ0n) is 22.4. The third-order valence-corrected chi connectivity index (χ3v) is 9.89. The Bertz CT molecular complexity index is 1190. The number of carbonyl (C=O) groups is 1. The zero-order valence-corrected chi connectivity index (χ0v) is 22.4. The maximum Gasteiger partial charge on any atom is 0.306 e. The molecule has 11 atom stereocenters. The number of aliphatic hydroxyl groups is 3. The van der Waals surface area contributed by atoms with E-state index in [4.69, 9.17) is 18.9 Å². The summed E-state index contributed by atoms with van der Waals surface area (Å²) in [6, 6.07) is 0. The summed E-state index contributed by atoms with van der Waals surface area (Å²) in [5, 5.41) is 34.0. The predicted octanol–water partition coefficient (Wildman–Crippen LogP) is 2.64. The molecular weight excluding hydrogens is 488 g/mol. The molecule has 3 N–H and O–H groups in total. The van der Waals surface area contributed by atoms with Crippen LogP contribution in [0.2, 0.25) is 0 Å². The van der Waals surface area contributed by atoms with Gasteiger partial charge in [-0.25, -0.2) is 0 Å². The molecule has 0 spiro atoms. The van der Waals surface area contributed by atoms with Crippen LogP contribution in [0.15, 0.2) is 60.3 Å². The number of ether oxygens (including phenoxy) is 4. The summed E-state index contributed by atoms with van der Waals surface area (Å²) in [7, 11) is 0. The van der Waals surface area contributed by atoms with Crippen molar-refractivity contribution < 1.29 is 39.1 Å². The van der Waals surface area contributed by atoms with E-state index in [2.05, 4.69) is 19.6 Å². The van der Waals surface area contributed by atoms with Gasteiger partial charge >= 0.3 is 5.97 Å². The fraction of sp³-hybridized carbons (Fsp3) is 0.633. The molecule has 5 fully saturated rings. The maximum atomic E-state index is 13.5. The van der Waals surface area contributed by atoms with E-state index in [9.17, 15) is 20.1 Å². The van der Waals surface area contributed by atoms with Gasteiger partial charge in [0.25, 0.3) is 0 Å². The first kappa shape index (κ1) is 26.3. The quantitative estimate of drug-likeness (QED) is 0.263. The van der Waals surface area contributed by atoms with Gasteiger partial charge in [-0.2, -0.15) is 0 Å². The molecule has 8 nitrogen and oxygen atoms in total. The van der Waals surface area contributed by atoms with Crippen molar-refractivity contribution in [3.05, 3.63) is 60.3 Å². The number of unbranched alkanes of at least 4 members (excludes halogenated alkanes) is 1. The third kappa shape index (κ3) is 2.97. The molecule has 0 aromatic carbocycles. The molecule has 0 aromatic rings. The minimum atomic E-state index is -2.22. The molecule has 6 aliphatic rings. The van der Waals surface area contributed by atoms with Crippen molar-refractivity contribution in [3.8, 4) is 0 Å². The van der Waals surface area contributed by atoms with Gasteiger partial charge in [0.05, 0.1) is 12.2 Å². The van der Waals surface area contributed by atoms with E-state index in [-0.39, 0.29) is 5.92 Å². The number of ketones is 1. The Labute approximate surface area is 223 Å². The largest absolute Gasteiger partial charge is 0.393 e. The summed E-state index contributed by atoms with van der Waals surface area (Å²) in [5.74, 6) is -3.86. The van der Waals surface area contributed by atoms with E-state index < -0.39 is 70.9 Å². The van der Waals surface area contributed by atoms with Crippen LogP contribution in [-0.4, -0.2) is 74.4 Å². The van der Waals surface area contributed by atoms with Crippen LogP contribution in [0.25, 0.3) is 0 Å². The van der Waals surface area contributed by atoms with Gasteiger partial charge in [0.2, 0.25) is 0 Å². The molecule has 3 aliphatic heterocycles. The molecule has 206 valence electrons. The first-order valence-electron chi connectivity index (χ1n) is 13.7. The van der Waals surface area contributed by atoms with E-state index in [1.165, 1.54) is 0 Å². The number of aliphatic hydroxyl groups excluding tert-OH is 2. The fourth-order valence-corrected chi connectivity index (χ4v) is 8.06. The summed E-state index contributed by atoms with van der Waals surface area (Å²) in [6.07, 6.45) is 12.7. The molecular formula is C30H38O8. The third-order valence-electron chi connectivity index (χ3n) is 9.89. The van der Waals surface area contributed by atoms with Gasteiger partial charge in [-0.15, -0.1) is 0 Å². The Morgan fingerprint density at radius 3 is 2.61 bits per heavy atom. The Morgan fingerprint density at radius 1 is 1.18 bits per heavy atom. The van der Waals surface area contributed by atoms with Crippen LogP contribution < -0.4 is 0 Å². The zero-order chi connectivity index (χ0) is 27.3. The Hall–Kier alpha value is -1.91. The molecule has 6 rings (SSSR count). The molecule has 3 heterocycles. The van der Waals surface area contributed by atoms with Crippen molar-refractivity contribution in [2.24, 2.45) is 17.8 Å². The second kappa shape index (κ2) is 8.30. The average Bonchev–Trinajstić information content (AvgIpc) is 3.52. The van der Waals surface area contributed by atoms with Gasteiger partial charge in [-0.3, -0.25) is 4.79 Å². The number of epoxide rings is 1. The van der Waals surface area contributed by atoms with Gasteiger partial charge in [-0.05, 0) is 43.8 Å². The van der Waals surface area contributed by atoms with Crippen molar-refractivity contribution in [3.63, 3.8) is 0 Å². The second-order valence-corrected chi connectivity index (χ2v) is 12.0. The molecule has 0 aromatic heterocycles. The molecule has 1 unspecified atom stereocenters. The SMILES string of the molecule is C=C(C)[C@]12C[C@@H](C)[C@@]34OC(/C=C/C=C/C=C/CCC)(O[C@@H]1[C@@H]3[C@@H]1O[C@]1(CO)[C@@H](O)[C@]1(O)C(=O)C(C)=C[C@H]14)O2. The number of Topliss-reactive ketones (excluding diaryl/α,β-unsaturated/α-hetero) is 1. The van der Waals surface area contributed by atoms with E-state index in [1.54, 1.807) is 25.2 Å². The lowest BCUT2D eigenvalue weighted by atomic mass is 9.54. The van der Waals surface area contributed by atoms with E-state index in [0.717, 1.165) is 18.4 Å². The van der Waals surface area contributed by atoms with Gasteiger partial charge in [0, 0.05) is 17.9 Å². The smallest absolute Gasteiger partial charge is 0.306 e. The Balaban J connectivity index is 1.51. The van der Waals surface area contributed by atoms with Gasteiger partial charge in [0.15, 0.2) is 11.4 Å². The summed E-state index contributed by atoms with van der Waals surface area (Å²) in [5.41, 5.74) is -4.72. The molecule has 38 heavy (non-hydrogen) atoms.